The zero-order chi connectivity index (χ0) is 13.1. The molecule has 0 aliphatic carbocycles. The minimum atomic E-state index is 0.829. The van der Waals surface area contributed by atoms with Crippen LogP contribution in [0, 0.1) is 6.92 Å². The average Bonchev–Trinajstić information content (AvgIpc) is 2.49. The lowest BCUT2D eigenvalue weighted by Gasteiger charge is -2.03. The van der Waals surface area contributed by atoms with E-state index >= 15 is 0 Å². The van der Waals surface area contributed by atoms with E-state index in [9.17, 15) is 0 Å². The molecule has 0 atom stereocenters. The highest BCUT2D eigenvalue weighted by Gasteiger charge is 2.02. The monoisotopic (exact) mass is 248 g/mol. The van der Waals surface area contributed by atoms with Gasteiger partial charge in [-0.15, -0.1) is 0 Å². The largest absolute Gasteiger partial charge is 0.264 e. The molecule has 0 amide bonds. The van der Waals surface area contributed by atoms with Gasteiger partial charge in [0.15, 0.2) is 0 Å². The van der Waals surface area contributed by atoms with Crippen molar-refractivity contribution in [3.8, 4) is 22.5 Å². The number of nitrogens with zero attached hydrogens (tertiary/aromatic N) is 4. The lowest BCUT2D eigenvalue weighted by Crippen LogP contribution is -1.90. The summed E-state index contributed by atoms with van der Waals surface area (Å²) in [5.74, 6) is 0. The SMILES string of the molecule is Cc1cnc(-c2ccc(-c3cccnc3)nc2)cn1. The third-order valence-electron chi connectivity index (χ3n) is 2.80. The normalized spacial score (nSPS) is 10.4. The van der Waals surface area contributed by atoms with Crippen molar-refractivity contribution in [2.75, 3.05) is 0 Å². The molecular weight excluding hydrogens is 236 g/mol. The fourth-order valence-electron chi connectivity index (χ4n) is 1.77. The number of aryl methyl sites for hydroxylation is 1. The van der Waals surface area contributed by atoms with Gasteiger partial charge < -0.3 is 0 Å². The number of pyridine rings is 2. The Kier molecular flexibility index (Phi) is 2.98. The maximum atomic E-state index is 4.44. The van der Waals surface area contributed by atoms with Gasteiger partial charge in [-0.05, 0) is 31.2 Å². The summed E-state index contributed by atoms with van der Waals surface area (Å²) in [6, 6.07) is 7.85. The molecule has 3 aromatic rings. The molecule has 92 valence electrons. The Morgan fingerprint density at radius 3 is 2.21 bits per heavy atom. The minimum Gasteiger partial charge on any atom is -0.264 e. The summed E-state index contributed by atoms with van der Waals surface area (Å²) in [5, 5.41) is 0. The summed E-state index contributed by atoms with van der Waals surface area (Å²) in [6.45, 7) is 1.92. The maximum absolute atomic E-state index is 4.44. The zero-order valence-electron chi connectivity index (χ0n) is 10.5. The third kappa shape index (κ3) is 2.47. The fourth-order valence-corrected chi connectivity index (χ4v) is 1.77. The van der Waals surface area contributed by atoms with Gasteiger partial charge in [0.1, 0.15) is 0 Å². The highest BCUT2D eigenvalue weighted by molar-refractivity contribution is 5.63. The van der Waals surface area contributed by atoms with E-state index in [-0.39, 0.29) is 0 Å². The van der Waals surface area contributed by atoms with Crippen molar-refractivity contribution >= 4 is 0 Å². The lowest BCUT2D eigenvalue weighted by atomic mass is 10.1. The smallest absolute Gasteiger partial charge is 0.0900 e. The van der Waals surface area contributed by atoms with Crippen LogP contribution in [0.1, 0.15) is 5.69 Å². The third-order valence-corrected chi connectivity index (χ3v) is 2.80. The minimum absolute atomic E-state index is 0.829. The van der Waals surface area contributed by atoms with E-state index in [4.69, 9.17) is 0 Å². The summed E-state index contributed by atoms with van der Waals surface area (Å²) in [7, 11) is 0. The van der Waals surface area contributed by atoms with Crippen LogP contribution in [0.3, 0.4) is 0 Å². The first-order valence-electron chi connectivity index (χ1n) is 5.98. The first-order valence-corrected chi connectivity index (χ1v) is 5.98. The molecule has 0 fully saturated rings. The number of rotatable bonds is 2. The van der Waals surface area contributed by atoms with Crippen LogP contribution < -0.4 is 0 Å². The van der Waals surface area contributed by atoms with Crippen LogP contribution in [-0.2, 0) is 0 Å². The second kappa shape index (κ2) is 4.94. The van der Waals surface area contributed by atoms with E-state index in [1.807, 2.05) is 37.4 Å². The van der Waals surface area contributed by atoms with Gasteiger partial charge in [-0.25, -0.2) is 0 Å². The van der Waals surface area contributed by atoms with Crippen molar-refractivity contribution in [3.05, 3.63) is 60.9 Å². The molecule has 0 unspecified atom stereocenters. The molecule has 0 saturated heterocycles. The molecule has 0 N–H and O–H groups in total. The van der Waals surface area contributed by atoms with E-state index < -0.39 is 0 Å². The molecule has 0 radical (unpaired) electrons. The van der Waals surface area contributed by atoms with Crippen molar-refractivity contribution in [2.45, 2.75) is 6.92 Å². The molecule has 4 heteroatoms. The summed E-state index contributed by atoms with van der Waals surface area (Å²) in [5.41, 5.74) is 4.60. The number of hydrogen-bond acceptors (Lipinski definition) is 4. The van der Waals surface area contributed by atoms with Crippen LogP contribution in [0.25, 0.3) is 22.5 Å². The molecule has 0 aliphatic rings. The van der Waals surface area contributed by atoms with Crippen LogP contribution in [0.5, 0.6) is 0 Å². The van der Waals surface area contributed by atoms with Gasteiger partial charge in [0.2, 0.25) is 0 Å². The molecule has 3 heterocycles. The average molecular weight is 248 g/mol. The van der Waals surface area contributed by atoms with Crippen LogP contribution in [0.15, 0.2) is 55.2 Å². The Bertz CT molecular complexity index is 661. The predicted octanol–water partition coefficient (Wildman–Crippen LogP) is 2.91. The zero-order valence-corrected chi connectivity index (χ0v) is 10.5. The van der Waals surface area contributed by atoms with Crippen LogP contribution in [-0.4, -0.2) is 19.9 Å². The molecule has 3 aromatic heterocycles. The Balaban J connectivity index is 1.93. The van der Waals surface area contributed by atoms with Crippen molar-refractivity contribution in [3.63, 3.8) is 0 Å². The fraction of sp³-hybridized carbons (Fsp3) is 0.0667. The molecule has 0 aromatic carbocycles. The van der Waals surface area contributed by atoms with E-state index in [2.05, 4.69) is 19.9 Å². The summed E-state index contributed by atoms with van der Waals surface area (Å²) in [6.07, 6.45) is 8.87. The Morgan fingerprint density at radius 2 is 1.58 bits per heavy atom. The van der Waals surface area contributed by atoms with Crippen LogP contribution in [0.4, 0.5) is 0 Å². The van der Waals surface area contributed by atoms with Crippen molar-refractivity contribution in [2.24, 2.45) is 0 Å². The second-order valence-corrected chi connectivity index (χ2v) is 4.22. The molecule has 0 saturated carbocycles. The van der Waals surface area contributed by atoms with Gasteiger partial charge in [-0.1, -0.05) is 0 Å². The molecule has 19 heavy (non-hydrogen) atoms. The maximum Gasteiger partial charge on any atom is 0.0900 e. The highest BCUT2D eigenvalue weighted by atomic mass is 14.8. The van der Waals surface area contributed by atoms with E-state index in [0.29, 0.717) is 0 Å². The Hall–Kier alpha value is -2.62. The topological polar surface area (TPSA) is 51.6 Å². The van der Waals surface area contributed by atoms with E-state index in [1.165, 1.54) is 0 Å². The van der Waals surface area contributed by atoms with Crippen molar-refractivity contribution < 1.29 is 0 Å². The van der Waals surface area contributed by atoms with Gasteiger partial charge in [0.25, 0.3) is 0 Å². The Morgan fingerprint density at radius 1 is 0.737 bits per heavy atom. The van der Waals surface area contributed by atoms with Crippen molar-refractivity contribution in [1.82, 2.24) is 19.9 Å². The summed E-state index contributed by atoms with van der Waals surface area (Å²) in [4.78, 5) is 17.1. The van der Waals surface area contributed by atoms with Crippen LogP contribution >= 0.6 is 0 Å². The molecule has 0 aliphatic heterocycles. The Labute approximate surface area is 111 Å². The van der Waals surface area contributed by atoms with Crippen LogP contribution in [0.2, 0.25) is 0 Å². The predicted molar refractivity (Wildman–Crippen MR) is 73.2 cm³/mol. The number of hydrogen-bond donors (Lipinski definition) is 0. The van der Waals surface area contributed by atoms with E-state index in [1.54, 1.807) is 24.8 Å². The molecule has 3 rings (SSSR count). The van der Waals surface area contributed by atoms with Gasteiger partial charge in [-0.2, -0.15) is 0 Å². The molecule has 4 nitrogen and oxygen atoms in total. The van der Waals surface area contributed by atoms with Gasteiger partial charge >= 0.3 is 0 Å². The molecule has 0 spiro atoms. The van der Waals surface area contributed by atoms with Gasteiger partial charge in [0.05, 0.1) is 23.3 Å². The first-order chi connectivity index (χ1) is 9.33. The second-order valence-electron chi connectivity index (χ2n) is 4.22. The van der Waals surface area contributed by atoms with Gasteiger partial charge in [0, 0.05) is 35.9 Å². The van der Waals surface area contributed by atoms with Gasteiger partial charge in [-0.3, -0.25) is 19.9 Å². The first kappa shape index (κ1) is 11.5. The molecule has 0 bridgehead atoms. The molecular formula is C15H12N4. The van der Waals surface area contributed by atoms with E-state index in [0.717, 1.165) is 28.2 Å². The standard InChI is InChI=1S/C15H12N4/c1-11-7-18-15(10-17-11)13-4-5-14(19-9-13)12-3-2-6-16-8-12/h2-10H,1H3. The summed E-state index contributed by atoms with van der Waals surface area (Å²) < 4.78 is 0. The highest BCUT2D eigenvalue weighted by Crippen LogP contribution is 2.19. The lowest BCUT2D eigenvalue weighted by molar-refractivity contribution is 1.12. The quantitative estimate of drug-likeness (QED) is 0.699. The summed E-state index contributed by atoms with van der Waals surface area (Å²) >= 11 is 0. The number of aromatic nitrogens is 4. The van der Waals surface area contributed by atoms with Crippen molar-refractivity contribution in [1.29, 1.82) is 0 Å².